The minimum Gasteiger partial charge on any atom is -0.396 e. The highest BCUT2D eigenvalue weighted by Crippen LogP contribution is 2.10. The van der Waals surface area contributed by atoms with Crippen molar-refractivity contribution in [1.29, 1.82) is 0 Å². The third kappa shape index (κ3) is 4.09. The Balaban J connectivity index is 4.25. The third-order valence-electron chi connectivity index (χ3n) is 2.50. The van der Waals surface area contributed by atoms with Gasteiger partial charge in [-0.3, -0.25) is 4.79 Å². The quantitative estimate of drug-likeness (QED) is 0.710. The molecule has 1 atom stereocenters. The molecular weight excluding hydrogens is 178 g/mol. The van der Waals surface area contributed by atoms with Gasteiger partial charge in [-0.2, -0.15) is 0 Å². The van der Waals surface area contributed by atoms with Crippen LogP contribution < -0.4 is 0 Å². The standard InChI is InChI=1S/C11H23NO2/c1-5-10(4)11(14)12(9(2)3)7-6-8-13/h9-10,13H,5-8H2,1-4H3. The molecule has 0 aromatic rings. The molecule has 0 saturated carbocycles. The number of hydrogen-bond acceptors (Lipinski definition) is 2. The fourth-order valence-electron chi connectivity index (χ4n) is 1.32. The van der Waals surface area contributed by atoms with Gasteiger partial charge in [-0.05, 0) is 26.7 Å². The zero-order valence-corrected chi connectivity index (χ0v) is 9.79. The Bertz CT molecular complexity index is 169. The summed E-state index contributed by atoms with van der Waals surface area (Å²) in [5, 5.41) is 8.74. The number of aliphatic hydroxyl groups excluding tert-OH is 1. The largest absolute Gasteiger partial charge is 0.396 e. The maximum Gasteiger partial charge on any atom is 0.225 e. The summed E-state index contributed by atoms with van der Waals surface area (Å²) in [6.45, 7) is 8.81. The zero-order valence-electron chi connectivity index (χ0n) is 9.79. The summed E-state index contributed by atoms with van der Waals surface area (Å²) in [6.07, 6.45) is 1.54. The van der Waals surface area contributed by atoms with Crippen LogP contribution in [-0.4, -0.2) is 35.1 Å². The molecule has 84 valence electrons. The molecule has 0 spiro atoms. The van der Waals surface area contributed by atoms with Gasteiger partial charge in [0.15, 0.2) is 0 Å². The van der Waals surface area contributed by atoms with Crippen LogP contribution in [0.4, 0.5) is 0 Å². The molecule has 14 heavy (non-hydrogen) atoms. The van der Waals surface area contributed by atoms with Crippen LogP contribution in [0.2, 0.25) is 0 Å². The number of amides is 1. The molecule has 0 rings (SSSR count). The first kappa shape index (κ1) is 13.4. The summed E-state index contributed by atoms with van der Waals surface area (Å²) in [7, 11) is 0. The summed E-state index contributed by atoms with van der Waals surface area (Å²) < 4.78 is 0. The second-order valence-corrected chi connectivity index (χ2v) is 4.01. The van der Waals surface area contributed by atoms with Crippen LogP contribution in [0.1, 0.15) is 40.5 Å². The maximum absolute atomic E-state index is 11.9. The molecule has 0 aliphatic carbocycles. The van der Waals surface area contributed by atoms with Crippen LogP contribution in [0.5, 0.6) is 0 Å². The first-order valence-electron chi connectivity index (χ1n) is 5.45. The van der Waals surface area contributed by atoms with Gasteiger partial charge in [-0.1, -0.05) is 13.8 Å². The Morgan fingerprint density at radius 1 is 1.36 bits per heavy atom. The molecule has 0 radical (unpaired) electrons. The van der Waals surface area contributed by atoms with E-state index in [0.29, 0.717) is 13.0 Å². The Morgan fingerprint density at radius 2 is 1.93 bits per heavy atom. The minimum absolute atomic E-state index is 0.0936. The molecule has 1 amide bonds. The first-order chi connectivity index (χ1) is 6.54. The monoisotopic (exact) mass is 201 g/mol. The summed E-state index contributed by atoms with van der Waals surface area (Å²) in [5.41, 5.74) is 0. The SMILES string of the molecule is CCC(C)C(=O)N(CCCO)C(C)C. The first-order valence-corrected chi connectivity index (χ1v) is 5.45. The second kappa shape index (κ2) is 6.82. The smallest absolute Gasteiger partial charge is 0.225 e. The number of hydrogen-bond donors (Lipinski definition) is 1. The van der Waals surface area contributed by atoms with E-state index in [2.05, 4.69) is 0 Å². The van der Waals surface area contributed by atoms with Crippen molar-refractivity contribution >= 4 is 5.91 Å². The molecule has 3 nitrogen and oxygen atoms in total. The topological polar surface area (TPSA) is 40.5 Å². The van der Waals surface area contributed by atoms with Crippen molar-refractivity contribution in [3.8, 4) is 0 Å². The average Bonchev–Trinajstić information content (AvgIpc) is 2.16. The average molecular weight is 201 g/mol. The van der Waals surface area contributed by atoms with E-state index in [-0.39, 0.29) is 24.5 Å². The highest BCUT2D eigenvalue weighted by molar-refractivity contribution is 5.78. The van der Waals surface area contributed by atoms with Crippen LogP contribution in [0.15, 0.2) is 0 Å². The van der Waals surface area contributed by atoms with Gasteiger partial charge in [-0.15, -0.1) is 0 Å². The summed E-state index contributed by atoms with van der Waals surface area (Å²) in [6, 6.07) is 0.225. The van der Waals surface area contributed by atoms with Gasteiger partial charge < -0.3 is 10.0 Å². The van der Waals surface area contributed by atoms with Crippen molar-refractivity contribution in [2.75, 3.05) is 13.2 Å². The Hall–Kier alpha value is -0.570. The Labute approximate surface area is 87.1 Å². The predicted octanol–water partition coefficient (Wildman–Crippen LogP) is 1.65. The molecule has 0 aromatic heterocycles. The number of carbonyl (C=O) groups is 1. The summed E-state index contributed by atoms with van der Waals surface area (Å²) >= 11 is 0. The zero-order chi connectivity index (χ0) is 11.1. The molecule has 0 aliphatic rings. The van der Waals surface area contributed by atoms with Crippen molar-refractivity contribution < 1.29 is 9.90 Å². The molecule has 0 saturated heterocycles. The van der Waals surface area contributed by atoms with Crippen molar-refractivity contribution in [2.24, 2.45) is 5.92 Å². The summed E-state index contributed by atoms with van der Waals surface area (Å²) in [4.78, 5) is 13.7. The Kier molecular flexibility index (Phi) is 6.54. The van der Waals surface area contributed by atoms with E-state index in [1.165, 1.54) is 0 Å². The fourth-order valence-corrected chi connectivity index (χ4v) is 1.32. The molecule has 1 N–H and O–H groups in total. The normalized spacial score (nSPS) is 13.0. The van der Waals surface area contributed by atoms with Crippen LogP contribution in [-0.2, 0) is 4.79 Å². The van der Waals surface area contributed by atoms with Crippen molar-refractivity contribution in [1.82, 2.24) is 4.90 Å². The van der Waals surface area contributed by atoms with E-state index in [0.717, 1.165) is 6.42 Å². The predicted molar refractivity (Wildman–Crippen MR) is 58.0 cm³/mol. The van der Waals surface area contributed by atoms with Gasteiger partial charge in [0.1, 0.15) is 0 Å². The van der Waals surface area contributed by atoms with Gasteiger partial charge in [-0.25, -0.2) is 0 Å². The van der Waals surface area contributed by atoms with Crippen molar-refractivity contribution in [3.63, 3.8) is 0 Å². The van der Waals surface area contributed by atoms with Crippen LogP contribution in [0.3, 0.4) is 0 Å². The van der Waals surface area contributed by atoms with Gasteiger partial charge in [0.2, 0.25) is 5.91 Å². The van der Waals surface area contributed by atoms with E-state index in [4.69, 9.17) is 5.11 Å². The van der Waals surface area contributed by atoms with Gasteiger partial charge in [0.05, 0.1) is 0 Å². The van der Waals surface area contributed by atoms with E-state index in [1.807, 2.05) is 32.6 Å². The third-order valence-corrected chi connectivity index (χ3v) is 2.50. The molecule has 0 heterocycles. The van der Waals surface area contributed by atoms with Crippen molar-refractivity contribution in [3.05, 3.63) is 0 Å². The number of aliphatic hydroxyl groups is 1. The Morgan fingerprint density at radius 3 is 2.29 bits per heavy atom. The van der Waals surface area contributed by atoms with E-state index in [9.17, 15) is 4.79 Å². The lowest BCUT2D eigenvalue weighted by molar-refractivity contribution is -0.137. The van der Waals surface area contributed by atoms with Crippen LogP contribution in [0, 0.1) is 5.92 Å². The lowest BCUT2D eigenvalue weighted by Crippen LogP contribution is -2.41. The second-order valence-electron chi connectivity index (χ2n) is 4.01. The van der Waals surface area contributed by atoms with Gasteiger partial charge >= 0.3 is 0 Å². The maximum atomic E-state index is 11.9. The van der Waals surface area contributed by atoms with E-state index < -0.39 is 0 Å². The highest BCUT2D eigenvalue weighted by Gasteiger charge is 2.20. The number of nitrogens with zero attached hydrogens (tertiary/aromatic N) is 1. The van der Waals surface area contributed by atoms with E-state index >= 15 is 0 Å². The number of rotatable bonds is 6. The molecule has 0 aliphatic heterocycles. The molecule has 3 heteroatoms. The van der Waals surface area contributed by atoms with Gasteiger partial charge in [0.25, 0.3) is 0 Å². The molecule has 0 bridgehead atoms. The number of carbonyl (C=O) groups excluding carboxylic acids is 1. The van der Waals surface area contributed by atoms with Gasteiger partial charge in [0, 0.05) is 25.1 Å². The molecule has 0 fully saturated rings. The highest BCUT2D eigenvalue weighted by atomic mass is 16.3. The fraction of sp³-hybridized carbons (Fsp3) is 0.909. The van der Waals surface area contributed by atoms with Crippen LogP contribution in [0.25, 0.3) is 0 Å². The van der Waals surface area contributed by atoms with E-state index in [1.54, 1.807) is 0 Å². The summed E-state index contributed by atoms with van der Waals surface area (Å²) in [5.74, 6) is 0.298. The lowest BCUT2D eigenvalue weighted by atomic mass is 10.1. The van der Waals surface area contributed by atoms with Crippen LogP contribution >= 0.6 is 0 Å². The molecule has 0 aromatic carbocycles. The lowest BCUT2D eigenvalue weighted by Gasteiger charge is -2.29. The molecule has 1 unspecified atom stereocenters. The van der Waals surface area contributed by atoms with Crippen molar-refractivity contribution in [2.45, 2.75) is 46.6 Å². The molecular formula is C11H23NO2. The minimum atomic E-state index is 0.0936.